The van der Waals surface area contributed by atoms with Crippen LogP contribution >= 0.6 is 0 Å². The Bertz CT molecular complexity index is 968. The van der Waals surface area contributed by atoms with Gasteiger partial charge in [0.05, 0.1) is 11.4 Å². The number of esters is 1. The highest BCUT2D eigenvalue weighted by Crippen LogP contribution is 2.44. The van der Waals surface area contributed by atoms with Crippen LogP contribution in [-0.2, 0) is 20.9 Å². The molecule has 1 unspecified atom stereocenters. The molecule has 0 aromatic heterocycles. The summed E-state index contributed by atoms with van der Waals surface area (Å²) < 4.78 is 5.68. The largest absolute Gasteiger partial charge is 0.459 e. The van der Waals surface area contributed by atoms with Gasteiger partial charge in [-0.2, -0.15) is 0 Å². The minimum absolute atomic E-state index is 0.0294. The molecule has 6 heteroatoms. The number of hydrogen-bond acceptors (Lipinski definition) is 5. The first-order valence-electron chi connectivity index (χ1n) is 11.8. The van der Waals surface area contributed by atoms with E-state index in [1.54, 1.807) is 0 Å². The average molecular weight is 452 g/mol. The van der Waals surface area contributed by atoms with E-state index < -0.39 is 11.4 Å². The second kappa shape index (κ2) is 9.86. The summed E-state index contributed by atoms with van der Waals surface area (Å²) in [6.07, 6.45) is 1.47. The monoisotopic (exact) mass is 451 g/mol. The van der Waals surface area contributed by atoms with E-state index in [4.69, 9.17) is 4.74 Å². The number of fused-ring (bicyclic) bond motifs is 1. The summed E-state index contributed by atoms with van der Waals surface area (Å²) in [7, 11) is 0. The van der Waals surface area contributed by atoms with Gasteiger partial charge in [0.2, 0.25) is 5.91 Å². The van der Waals surface area contributed by atoms with Gasteiger partial charge in [-0.15, -0.1) is 0 Å². The van der Waals surface area contributed by atoms with Crippen LogP contribution in [0.15, 0.2) is 54.6 Å². The van der Waals surface area contributed by atoms with Crippen LogP contribution in [0.2, 0.25) is 0 Å². The predicted octanol–water partition coefficient (Wildman–Crippen LogP) is 5.40. The van der Waals surface area contributed by atoms with E-state index >= 15 is 0 Å². The van der Waals surface area contributed by atoms with Crippen LogP contribution in [0.1, 0.15) is 59.9 Å². The van der Waals surface area contributed by atoms with Crippen LogP contribution in [0.25, 0.3) is 0 Å². The lowest BCUT2D eigenvalue weighted by atomic mass is 10.0. The Hall–Kier alpha value is -3.02. The summed E-state index contributed by atoms with van der Waals surface area (Å²) >= 11 is 0. The summed E-state index contributed by atoms with van der Waals surface area (Å²) in [5.41, 5.74) is 2.25. The van der Waals surface area contributed by atoms with Crippen molar-refractivity contribution in [3.63, 3.8) is 0 Å². The van der Waals surface area contributed by atoms with Gasteiger partial charge in [0.15, 0.2) is 5.79 Å². The Labute approximate surface area is 197 Å². The van der Waals surface area contributed by atoms with Gasteiger partial charge in [0.25, 0.3) is 0 Å². The number of rotatable bonds is 8. The third-order valence-corrected chi connectivity index (χ3v) is 5.67. The molecule has 0 radical (unpaired) electrons. The van der Waals surface area contributed by atoms with Gasteiger partial charge in [-0.05, 0) is 38.5 Å². The van der Waals surface area contributed by atoms with E-state index in [0.717, 1.165) is 23.4 Å². The number of nitrogens with zero attached hydrogens (tertiary/aromatic N) is 2. The van der Waals surface area contributed by atoms with Gasteiger partial charge in [-0.3, -0.25) is 14.5 Å². The molecule has 0 spiro atoms. The Balaban J connectivity index is 2.10. The van der Waals surface area contributed by atoms with Crippen molar-refractivity contribution in [1.82, 2.24) is 4.90 Å². The number of ether oxygens (including phenoxy) is 1. The Morgan fingerprint density at radius 3 is 2.30 bits per heavy atom. The van der Waals surface area contributed by atoms with E-state index in [1.165, 1.54) is 0 Å². The van der Waals surface area contributed by atoms with Gasteiger partial charge in [-0.1, -0.05) is 69.7 Å². The number of anilines is 2. The van der Waals surface area contributed by atoms with Crippen LogP contribution in [0.4, 0.5) is 11.4 Å². The van der Waals surface area contributed by atoms with Crippen molar-refractivity contribution < 1.29 is 14.3 Å². The predicted molar refractivity (Wildman–Crippen MR) is 133 cm³/mol. The van der Waals surface area contributed by atoms with Gasteiger partial charge in [0, 0.05) is 18.9 Å². The maximum absolute atomic E-state index is 13.7. The van der Waals surface area contributed by atoms with E-state index in [0.29, 0.717) is 13.0 Å². The lowest BCUT2D eigenvalue weighted by Crippen LogP contribution is -2.66. The molecule has 1 aliphatic rings. The lowest BCUT2D eigenvalue weighted by Gasteiger charge is -2.48. The van der Waals surface area contributed by atoms with Gasteiger partial charge in [0.1, 0.15) is 12.1 Å². The van der Waals surface area contributed by atoms with Crippen molar-refractivity contribution in [2.24, 2.45) is 5.92 Å². The van der Waals surface area contributed by atoms with Gasteiger partial charge in [-0.25, -0.2) is 0 Å². The van der Waals surface area contributed by atoms with Crippen LogP contribution in [0, 0.1) is 5.92 Å². The number of benzene rings is 2. The molecule has 6 nitrogen and oxygen atoms in total. The molecule has 0 saturated heterocycles. The Kier molecular flexibility index (Phi) is 7.35. The summed E-state index contributed by atoms with van der Waals surface area (Å²) in [4.78, 5) is 30.6. The summed E-state index contributed by atoms with van der Waals surface area (Å²) in [5, 5.41) is 3.65. The van der Waals surface area contributed by atoms with Crippen LogP contribution in [-0.4, -0.2) is 34.7 Å². The Morgan fingerprint density at radius 1 is 1.06 bits per heavy atom. The quantitative estimate of drug-likeness (QED) is 0.545. The first-order chi connectivity index (χ1) is 15.6. The van der Waals surface area contributed by atoms with Crippen molar-refractivity contribution in [2.75, 3.05) is 16.8 Å². The highest BCUT2D eigenvalue weighted by Gasteiger charge is 2.50. The van der Waals surface area contributed by atoms with Crippen LogP contribution in [0.3, 0.4) is 0 Å². The number of hydrogen-bond donors (Lipinski definition) is 1. The van der Waals surface area contributed by atoms with E-state index in [-0.39, 0.29) is 24.3 Å². The molecule has 0 saturated carbocycles. The minimum Gasteiger partial charge on any atom is -0.459 e. The average Bonchev–Trinajstić information content (AvgIpc) is 3.05. The van der Waals surface area contributed by atoms with E-state index in [9.17, 15) is 9.59 Å². The number of nitrogens with one attached hydrogen (secondary N) is 1. The van der Waals surface area contributed by atoms with Crippen molar-refractivity contribution in [2.45, 2.75) is 72.3 Å². The fourth-order valence-corrected chi connectivity index (χ4v) is 4.38. The maximum atomic E-state index is 13.7. The summed E-state index contributed by atoms with van der Waals surface area (Å²) in [5.74, 6) is -1.37. The SMILES string of the molecule is CCCC1(N(Cc2ccccc2)C(=O)C(C)C)Nc2ccccc2N1CC(=O)OC(C)(C)C. The molecule has 178 valence electrons. The molecule has 1 aliphatic heterocycles. The molecule has 1 amide bonds. The molecular weight excluding hydrogens is 414 g/mol. The molecule has 1 N–H and O–H groups in total. The zero-order chi connectivity index (χ0) is 24.2. The highest BCUT2D eigenvalue weighted by molar-refractivity contribution is 5.87. The molecule has 2 aromatic rings. The van der Waals surface area contributed by atoms with Crippen molar-refractivity contribution >= 4 is 23.3 Å². The molecule has 2 aromatic carbocycles. The smallest absolute Gasteiger partial charge is 0.326 e. The summed E-state index contributed by atoms with van der Waals surface area (Å²) in [6, 6.07) is 17.9. The molecule has 0 bridgehead atoms. The second-order valence-corrected chi connectivity index (χ2v) is 9.95. The first kappa shape index (κ1) is 24.6. The van der Waals surface area contributed by atoms with Crippen molar-refractivity contribution in [3.05, 3.63) is 60.2 Å². The molecule has 0 aliphatic carbocycles. The van der Waals surface area contributed by atoms with E-state index in [1.807, 2.05) is 99.0 Å². The highest BCUT2D eigenvalue weighted by atomic mass is 16.6. The maximum Gasteiger partial charge on any atom is 0.326 e. The number of para-hydroxylation sites is 2. The van der Waals surface area contributed by atoms with Gasteiger partial charge < -0.3 is 15.0 Å². The fraction of sp³-hybridized carbons (Fsp3) is 0.481. The number of carbonyl (C=O) groups excluding carboxylic acids is 2. The van der Waals surface area contributed by atoms with Gasteiger partial charge >= 0.3 is 5.97 Å². The summed E-state index contributed by atoms with van der Waals surface area (Å²) in [6.45, 7) is 12.0. The molecule has 1 atom stereocenters. The molecule has 33 heavy (non-hydrogen) atoms. The van der Waals surface area contributed by atoms with Crippen molar-refractivity contribution in [1.29, 1.82) is 0 Å². The lowest BCUT2D eigenvalue weighted by molar-refractivity contribution is -0.154. The Morgan fingerprint density at radius 2 is 1.70 bits per heavy atom. The third-order valence-electron chi connectivity index (χ3n) is 5.67. The standard InChI is InChI=1S/C27H37N3O3/c1-7-17-27(30(25(32)20(2)3)18-21-13-9-8-10-14-21)28-22-15-11-12-16-23(22)29(27)19-24(31)33-26(4,5)6/h8-16,20,28H,7,17-19H2,1-6H3. The topological polar surface area (TPSA) is 61.9 Å². The fourth-order valence-electron chi connectivity index (χ4n) is 4.38. The molecule has 1 heterocycles. The first-order valence-corrected chi connectivity index (χ1v) is 11.8. The van der Waals surface area contributed by atoms with Crippen LogP contribution < -0.4 is 10.2 Å². The second-order valence-electron chi connectivity index (χ2n) is 9.95. The molecule has 0 fully saturated rings. The third kappa shape index (κ3) is 5.49. The zero-order valence-corrected chi connectivity index (χ0v) is 20.7. The minimum atomic E-state index is -0.882. The number of amides is 1. The van der Waals surface area contributed by atoms with Crippen LogP contribution in [0.5, 0.6) is 0 Å². The van der Waals surface area contributed by atoms with E-state index in [2.05, 4.69) is 12.2 Å². The number of carbonyl (C=O) groups is 2. The molecular formula is C27H37N3O3. The molecule has 3 rings (SSSR count). The normalized spacial score (nSPS) is 17.5. The van der Waals surface area contributed by atoms with Crippen molar-refractivity contribution in [3.8, 4) is 0 Å². The zero-order valence-electron chi connectivity index (χ0n) is 20.7.